The van der Waals surface area contributed by atoms with Gasteiger partial charge in [0.15, 0.2) is 5.78 Å². The number of pyridine rings is 2. The zero-order valence-electron chi connectivity index (χ0n) is 14.9. The molecule has 0 unspecified atom stereocenters. The third-order valence-corrected chi connectivity index (χ3v) is 4.51. The lowest BCUT2D eigenvalue weighted by molar-refractivity contribution is 0.0993. The smallest absolute Gasteiger partial charge is 0.170 e. The van der Waals surface area contributed by atoms with Crippen LogP contribution in [0.25, 0.3) is 0 Å². The molecule has 0 spiro atoms. The van der Waals surface area contributed by atoms with Crippen molar-refractivity contribution in [2.75, 3.05) is 24.3 Å². The van der Waals surface area contributed by atoms with Gasteiger partial charge >= 0.3 is 0 Å². The summed E-state index contributed by atoms with van der Waals surface area (Å²) in [5, 5.41) is 3.87. The highest BCUT2D eigenvalue weighted by Gasteiger charge is 2.15. The number of Topliss-reactive ketones (excluding diaryl/α,β-unsaturated/α-hetero) is 1. The van der Waals surface area contributed by atoms with Crippen LogP contribution >= 0.6 is 23.2 Å². The van der Waals surface area contributed by atoms with Gasteiger partial charge < -0.3 is 10.2 Å². The van der Waals surface area contributed by atoms with E-state index in [4.69, 9.17) is 23.2 Å². The van der Waals surface area contributed by atoms with Crippen LogP contribution in [0.3, 0.4) is 0 Å². The van der Waals surface area contributed by atoms with E-state index in [1.54, 1.807) is 30.5 Å². The number of carbonyl (C=O) groups excluding carboxylic acids is 1. The molecule has 0 amide bonds. The minimum atomic E-state index is -0.143. The van der Waals surface area contributed by atoms with Crippen LogP contribution in [0.15, 0.2) is 54.7 Å². The minimum Gasteiger partial charge on any atom is -0.363 e. The maximum Gasteiger partial charge on any atom is 0.170 e. The number of nitrogens with one attached hydrogen (secondary N) is 1. The van der Waals surface area contributed by atoms with Crippen LogP contribution < -0.4 is 10.2 Å². The fraction of sp³-hybridized carbons (Fsp3) is 0.150. The predicted octanol–water partition coefficient (Wildman–Crippen LogP) is 5.02. The summed E-state index contributed by atoms with van der Waals surface area (Å²) < 4.78 is 0. The molecule has 0 saturated carbocycles. The summed E-state index contributed by atoms with van der Waals surface area (Å²) >= 11 is 12.3. The van der Waals surface area contributed by atoms with Gasteiger partial charge in [-0.05, 0) is 42.0 Å². The normalized spacial score (nSPS) is 10.5. The lowest BCUT2D eigenvalue weighted by Crippen LogP contribution is -2.11. The van der Waals surface area contributed by atoms with Crippen molar-refractivity contribution < 1.29 is 4.79 Å². The average Bonchev–Trinajstić information content (AvgIpc) is 2.62. The number of aromatic nitrogens is 2. The zero-order chi connectivity index (χ0) is 19.4. The Morgan fingerprint density at radius 2 is 1.74 bits per heavy atom. The number of nitrogens with zero attached hydrogens (tertiary/aromatic N) is 3. The van der Waals surface area contributed by atoms with Crippen molar-refractivity contribution in [2.24, 2.45) is 0 Å². The number of halogens is 2. The molecule has 7 heteroatoms. The maximum absolute atomic E-state index is 12.6. The Bertz CT molecular complexity index is 955. The molecule has 0 radical (unpaired) electrons. The van der Waals surface area contributed by atoms with Gasteiger partial charge in [0.25, 0.3) is 0 Å². The Balaban J connectivity index is 1.78. The van der Waals surface area contributed by atoms with Gasteiger partial charge in [0.05, 0.1) is 15.6 Å². The number of rotatable bonds is 6. The third kappa shape index (κ3) is 4.76. The van der Waals surface area contributed by atoms with Gasteiger partial charge in [-0.1, -0.05) is 35.3 Å². The van der Waals surface area contributed by atoms with Crippen molar-refractivity contribution in [3.05, 3.63) is 75.9 Å². The van der Waals surface area contributed by atoms with Crippen LogP contribution in [0.4, 0.5) is 17.5 Å². The second-order valence-corrected chi connectivity index (χ2v) is 6.96. The van der Waals surface area contributed by atoms with E-state index in [1.165, 1.54) is 0 Å². The number of carbonyl (C=O) groups is 1. The lowest BCUT2D eigenvalue weighted by Gasteiger charge is -2.13. The standard InChI is InChI=1S/C20H18Cl2N4O/c1-26(2)19-8-4-7-17(25-19)24-18-12-13(9-10-23-18)11-16(27)20-14(21)5-3-6-15(20)22/h3-10,12H,11H2,1-2H3,(H,23,24,25). The molecular formula is C20H18Cl2N4O. The Morgan fingerprint density at radius 1 is 1.04 bits per heavy atom. The summed E-state index contributed by atoms with van der Waals surface area (Å²) in [5.41, 5.74) is 1.14. The summed E-state index contributed by atoms with van der Waals surface area (Å²) in [7, 11) is 3.85. The molecule has 0 aliphatic rings. The molecule has 138 valence electrons. The molecular weight excluding hydrogens is 383 g/mol. The van der Waals surface area contributed by atoms with Crippen molar-refractivity contribution in [1.29, 1.82) is 0 Å². The molecule has 0 saturated heterocycles. The molecule has 0 aliphatic carbocycles. The van der Waals surface area contributed by atoms with Gasteiger partial charge in [0, 0.05) is 26.7 Å². The minimum absolute atomic E-state index is 0.143. The highest BCUT2D eigenvalue weighted by atomic mass is 35.5. The van der Waals surface area contributed by atoms with Crippen LogP contribution in [0.2, 0.25) is 10.0 Å². The van der Waals surface area contributed by atoms with Crippen molar-refractivity contribution in [1.82, 2.24) is 9.97 Å². The molecule has 3 rings (SSSR count). The number of ketones is 1. The maximum atomic E-state index is 12.6. The number of benzene rings is 1. The van der Waals surface area contributed by atoms with Crippen LogP contribution in [0, 0.1) is 0 Å². The van der Waals surface area contributed by atoms with Gasteiger partial charge in [0.1, 0.15) is 17.5 Å². The van der Waals surface area contributed by atoms with E-state index in [0.717, 1.165) is 11.4 Å². The number of anilines is 3. The first-order valence-corrected chi connectivity index (χ1v) is 9.03. The number of hydrogen-bond acceptors (Lipinski definition) is 5. The second-order valence-electron chi connectivity index (χ2n) is 6.15. The molecule has 2 aromatic heterocycles. The summed E-state index contributed by atoms with van der Waals surface area (Å²) in [6.07, 6.45) is 1.82. The van der Waals surface area contributed by atoms with Crippen LogP contribution in [-0.2, 0) is 6.42 Å². The van der Waals surface area contributed by atoms with E-state index < -0.39 is 0 Å². The van der Waals surface area contributed by atoms with Crippen LogP contribution in [0.1, 0.15) is 15.9 Å². The lowest BCUT2D eigenvalue weighted by atomic mass is 10.0. The molecule has 2 heterocycles. The van der Waals surface area contributed by atoms with Crippen molar-refractivity contribution >= 4 is 46.4 Å². The van der Waals surface area contributed by atoms with Crippen molar-refractivity contribution in [3.63, 3.8) is 0 Å². The molecule has 0 fully saturated rings. The van der Waals surface area contributed by atoms with Crippen molar-refractivity contribution in [3.8, 4) is 0 Å². The molecule has 1 N–H and O–H groups in total. The van der Waals surface area contributed by atoms with Gasteiger partial charge in [-0.15, -0.1) is 0 Å². The Morgan fingerprint density at radius 3 is 2.44 bits per heavy atom. The first-order chi connectivity index (χ1) is 12.9. The van der Waals surface area contributed by atoms with E-state index in [9.17, 15) is 4.79 Å². The zero-order valence-corrected chi connectivity index (χ0v) is 16.4. The first-order valence-electron chi connectivity index (χ1n) is 8.27. The largest absolute Gasteiger partial charge is 0.363 e. The van der Waals surface area contributed by atoms with Crippen LogP contribution in [0.5, 0.6) is 0 Å². The van der Waals surface area contributed by atoms with Crippen molar-refractivity contribution in [2.45, 2.75) is 6.42 Å². The molecule has 0 aliphatic heterocycles. The molecule has 27 heavy (non-hydrogen) atoms. The first kappa shape index (κ1) is 19.1. The van der Waals surface area contributed by atoms with E-state index in [-0.39, 0.29) is 12.2 Å². The molecule has 0 atom stereocenters. The summed E-state index contributed by atoms with van der Waals surface area (Å²) in [6, 6.07) is 14.3. The fourth-order valence-corrected chi connectivity index (χ4v) is 3.17. The summed E-state index contributed by atoms with van der Waals surface area (Å²) in [6.45, 7) is 0. The fourth-order valence-electron chi connectivity index (χ4n) is 2.56. The van der Waals surface area contributed by atoms with E-state index >= 15 is 0 Å². The van der Waals surface area contributed by atoms with Gasteiger partial charge in [0.2, 0.25) is 0 Å². The highest BCUT2D eigenvalue weighted by Crippen LogP contribution is 2.26. The average molecular weight is 401 g/mol. The number of hydrogen-bond donors (Lipinski definition) is 1. The molecule has 1 aromatic carbocycles. The highest BCUT2D eigenvalue weighted by molar-refractivity contribution is 6.39. The van der Waals surface area contributed by atoms with E-state index in [2.05, 4.69) is 15.3 Å². The molecule has 5 nitrogen and oxygen atoms in total. The summed E-state index contributed by atoms with van der Waals surface area (Å²) in [5.74, 6) is 1.97. The van der Waals surface area contributed by atoms with Gasteiger partial charge in [-0.2, -0.15) is 0 Å². The van der Waals surface area contributed by atoms with Gasteiger partial charge in [-0.3, -0.25) is 4.79 Å². The van der Waals surface area contributed by atoms with Crippen LogP contribution in [-0.4, -0.2) is 29.8 Å². The second kappa shape index (κ2) is 8.37. The van der Waals surface area contributed by atoms with E-state index in [1.807, 2.05) is 43.3 Å². The quantitative estimate of drug-likeness (QED) is 0.588. The Labute approximate surface area is 168 Å². The Kier molecular flexibility index (Phi) is 5.94. The SMILES string of the molecule is CN(C)c1cccc(Nc2cc(CC(=O)c3c(Cl)cccc3Cl)ccn2)n1. The predicted molar refractivity (Wildman–Crippen MR) is 111 cm³/mol. The molecule has 3 aromatic rings. The van der Waals surface area contributed by atoms with E-state index in [0.29, 0.717) is 27.2 Å². The Hall–Kier alpha value is -2.63. The monoisotopic (exact) mass is 400 g/mol. The third-order valence-electron chi connectivity index (χ3n) is 3.88. The topological polar surface area (TPSA) is 58.1 Å². The van der Waals surface area contributed by atoms with Gasteiger partial charge in [-0.25, -0.2) is 9.97 Å². The summed E-state index contributed by atoms with van der Waals surface area (Å²) in [4.78, 5) is 23.3. The molecule has 0 bridgehead atoms.